The first-order valence-corrected chi connectivity index (χ1v) is 7.68. The summed E-state index contributed by atoms with van der Waals surface area (Å²) in [6.07, 6.45) is 6.44. The molecule has 1 aliphatic rings. The second-order valence-corrected chi connectivity index (χ2v) is 6.01. The smallest absolute Gasteiger partial charge is 0.0312 e. The molecule has 1 fully saturated rings. The Morgan fingerprint density at radius 1 is 1.10 bits per heavy atom. The van der Waals surface area contributed by atoms with Crippen molar-refractivity contribution >= 4 is 0 Å². The van der Waals surface area contributed by atoms with Crippen molar-refractivity contribution in [3.8, 4) is 0 Å². The minimum absolute atomic E-state index is 0.766. The van der Waals surface area contributed by atoms with Crippen LogP contribution < -0.4 is 5.32 Å². The second kappa shape index (κ2) is 6.83. The molecule has 1 heterocycles. The maximum Gasteiger partial charge on any atom is 0.0312 e. The van der Waals surface area contributed by atoms with E-state index >= 15 is 0 Å². The molecule has 110 valence electrons. The molecule has 1 saturated carbocycles. The summed E-state index contributed by atoms with van der Waals surface area (Å²) in [5, 5.41) is 3.57. The molecule has 0 spiro atoms. The van der Waals surface area contributed by atoms with Gasteiger partial charge in [-0.2, -0.15) is 0 Å². The fourth-order valence-electron chi connectivity index (χ4n) is 2.56. The van der Waals surface area contributed by atoms with Crippen LogP contribution in [-0.2, 0) is 19.6 Å². The number of hydrogen-bond donors (Lipinski definition) is 1. The van der Waals surface area contributed by atoms with Gasteiger partial charge in [-0.25, -0.2) is 0 Å². The van der Waals surface area contributed by atoms with E-state index in [1.165, 1.54) is 29.5 Å². The Balaban J connectivity index is 1.54. The third-order valence-electron chi connectivity index (χ3n) is 3.79. The van der Waals surface area contributed by atoms with Gasteiger partial charge in [0, 0.05) is 38.1 Å². The van der Waals surface area contributed by atoms with Crippen molar-refractivity contribution in [2.75, 3.05) is 7.05 Å². The number of nitrogens with one attached hydrogen (secondary N) is 1. The highest BCUT2D eigenvalue weighted by atomic mass is 15.1. The summed E-state index contributed by atoms with van der Waals surface area (Å²) >= 11 is 0. The van der Waals surface area contributed by atoms with Crippen molar-refractivity contribution in [1.29, 1.82) is 0 Å². The normalized spacial score (nSPS) is 14.6. The van der Waals surface area contributed by atoms with Gasteiger partial charge in [0.2, 0.25) is 0 Å². The molecule has 1 aromatic heterocycles. The van der Waals surface area contributed by atoms with Gasteiger partial charge in [-0.05, 0) is 42.6 Å². The van der Waals surface area contributed by atoms with Gasteiger partial charge in [0.1, 0.15) is 0 Å². The largest absolute Gasteiger partial charge is 0.310 e. The lowest BCUT2D eigenvalue weighted by Crippen LogP contribution is -2.18. The quantitative estimate of drug-likeness (QED) is 0.845. The van der Waals surface area contributed by atoms with E-state index in [4.69, 9.17) is 0 Å². The Kier molecular flexibility index (Phi) is 4.63. The fraction of sp³-hybridized carbons (Fsp3) is 0.389. The zero-order valence-corrected chi connectivity index (χ0v) is 12.6. The highest BCUT2D eigenvalue weighted by molar-refractivity contribution is 5.23. The minimum Gasteiger partial charge on any atom is -0.310 e. The number of aromatic nitrogens is 1. The minimum atomic E-state index is 0.766. The summed E-state index contributed by atoms with van der Waals surface area (Å²) in [5.74, 6) is 0. The zero-order valence-electron chi connectivity index (χ0n) is 12.6. The van der Waals surface area contributed by atoms with Gasteiger partial charge >= 0.3 is 0 Å². The Hall–Kier alpha value is -1.71. The molecule has 0 bridgehead atoms. The predicted octanol–water partition coefficient (Wildman–Crippen LogP) is 2.97. The van der Waals surface area contributed by atoms with Crippen molar-refractivity contribution in [3.63, 3.8) is 0 Å². The first kappa shape index (κ1) is 14.2. The highest BCUT2D eigenvalue weighted by Crippen LogP contribution is 2.19. The van der Waals surface area contributed by atoms with Crippen LogP contribution in [0, 0.1) is 0 Å². The Labute approximate surface area is 127 Å². The van der Waals surface area contributed by atoms with Crippen molar-refractivity contribution < 1.29 is 0 Å². The van der Waals surface area contributed by atoms with Crippen LogP contribution in [0.5, 0.6) is 0 Å². The molecule has 1 aromatic carbocycles. The van der Waals surface area contributed by atoms with Crippen molar-refractivity contribution in [3.05, 3.63) is 65.5 Å². The molecule has 0 amide bonds. The Morgan fingerprint density at radius 3 is 2.62 bits per heavy atom. The van der Waals surface area contributed by atoms with Gasteiger partial charge in [-0.3, -0.25) is 9.88 Å². The van der Waals surface area contributed by atoms with Gasteiger partial charge < -0.3 is 5.32 Å². The summed E-state index contributed by atoms with van der Waals surface area (Å²) in [6.45, 7) is 2.88. The van der Waals surface area contributed by atoms with E-state index in [-0.39, 0.29) is 0 Å². The molecule has 0 radical (unpaired) electrons. The first-order chi connectivity index (χ1) is 10.3. The molecular weight excluding hydrogens is 258 g/mol. The molecule has 1 N–H and O–H groups in total. The summed E-state index contributed by atoms with van der Waals surface area (Å²) in [6, 6.07) is 13.8. The van der Waals surface area contributed by atoms with E-state index in [0.717, 1.165) is 25.7 Å². The molecule has 0 unspecified atom stereocenters. The average molecular weight is 281 g/mol. The van der Waals surface area contributed by atoms with Gasteiger partial charge in [0.15, 0.2) is 0 Å². The zero-order chi connectivity index (χ0) is 14.5. The maximum absolute atomic E-state index is 4.17. The number of pyridine rings is 1. The Bertz CT molecular complexity index is 564. The van der Waals surface area contributed by atoms with Crippen LogP contribution in [0.25, 0.3) is 0 Å². The van der Waals surface area contributed by atoms with Gasteiger partial charge in [0.05, 0.1) is 0 Å². The molecule has 3 heteroatoms. The molecular formula is C18H23N3. The lowest BCUT2D eigenvalue weighted by atomic mass is 10.1. The third kappa shape index (κ3) is 4.66. The SMILES string of the molecule is CN(Cc1cccnc1)Cc1cccc(CNC2CC2)c1. The van der Waals surface area contributed by atoms with Crippen LogP contribution in [0.4, 0.5) is 0 Å². The van der Waals surface area contributed by atoms with E-state index in [0.29, 0.717) is 0 Å². The van der Waals surface area contributed by atoms with E-state index < -0.39 is 0 Å². The second-order valence-electron chi connectivity index (χ2n) is 6.01. The van der Waals surface area contributed by atoms with Gasteiger partial charge in [-0.15, -0.1) is 0 Å². The van der Waals surface area contributed by atoms with Crippen LogP contribution >= 0.6 is 0 Å². The summed E-state index contributed by atoms with van der Waals surface area (Å²) in [7, 11) is 2.15. The van der Waals surface area contributed by atoms with Gasteiger partial charge in [-0.1, -0.05) is 30.3 Å². The van der Waals surface area contributed by atoms with Crippen molar-refractivity contribution in [1.82, 2.24) is 15.2 Å². The first-order valence-electron chi connectivity index (χ1n) is 7.68. The topological polar surface area (TPSA) is 28.2 Å². The average Bonchev–Trinajstić information content (AvgIpc) is 3.31. The standard InChI is InChI=1S/C18H23N3/c1-21(14-17-6-3-9-19-11-17)13-16-5-2-4-15(10-16)12-20-18-7-8-18/h2-6,9-11,18,20H,7-8,12-14H2,1H3. The summed E-state index contributed by atoms with van der Waals surface area (Å²) in [4.78, 5) is 6.49. The third-order valence-corrected chi connectivity index (χ3v) is 3.79. The number of rotatable bonds is 7. The van der Waals surface area contributed by atoms with Crippen LogP contribution in [-0.4, -0.2) is 23.0 Å². The molecule has 0 atom stereocenters. The Morgan fingerprint density at radius 2 is 1.86 bits per heavy atom. The number of nitrogens with zero attached hydrogens (tertiary/aromatic N) is 2. The van der Waals surface area contributed by atoms with E-state index in [9.17, 15) is 0 Å². The highest BCUT2D eigenvalue weighted by Gasteiger charge is 2.19. The maximum atomic E-state index is 4.17. The fourth-order valence-corrected chi connectivity index (χ4v) is 2.56. The molecule has 1 aliphatic carbocycles. The lowest BCUT2D eigenvalue weighted by molar-refractivity contribution is 0.318. The van der Waals surface area contributed by atoms with Crippen LogP contribution in [0.1, 0.15) is 29.5 Å². The molecule has 3 nitrogen and oxygen atoms in total. The van der Waals surface area contributed by atoms with Crippen LogP contribution in [0.15, 0.2) is 48.8 Å². The monoisotopic (exact) mass is 281 g/mol. The van der Waals surface area contributed by atoms with Gasteiger partial charge in [0.25, 0.3) is 0 Å². The molecule has 2 aromatic rings. The molecule has 0 aliphatic heterocycles. The molecule has 0 saturated heterocycles. The van der Waals surface area contributed by atoms with Crippen molar-refractivity contribution in [2.24, 2.45) is 0 Å². The van der Waals surface area contributed by atoms with Crippen LogP contribution in [0.3, 0.4) is 0 Å². The summed E-state index contributed by atoms with van der Waals surface area (Å²) in [5.41, 5.74) is 4.01. The summed E-state index contributed by atoms with van der Waals surface area (Å²) < 4.78 is 0. The lowest BCUT2D eigenvalue weighted by Gasteiger charge is -2.17. The molecule has 21 heavy (non-hydrogen) atoms. The van der Waals surface area contributed by atoms with E-state index in [1.54, 1.807) is 0 Å². The number of benzene rings is 1. The molecule has 3 rings (SSSR count). The number of hydrogen-bond acceptors (Lipinski definition) is 3. The van der Waals surface area contributed by atoms with Crippen molar-refractivity contribution in [2.45, 2.75) is 38.5 Å². The van der Waals surface area contributed by atoms with E-state index in [1.807, 2.05) is 18.5 Å². The predicted molar refractivity (Wildman–Crippen MR) is 85.7 cm³/mol. The van der Waals surface area contributed by atoms with E-state index in [2.05, 4.69) is 52.6 Å². The van der Waals surface area contributed by atoms with Crippen LogP contribution in [0.2, 0.25) is 0 Å².